The zero-order valence-corrected chi connectivity index (χ0v) is 14.9. The van der Waals surface area contributed by atoms with Crippen molar-refractivity contribution in [2.75, 3.05) is 0 Å². The first-order valence-electron chi connectivity index (χ1n) is 8.94. The van der Waals surface area contributed by atoms with E-state index in [1.165, 1.54) is 32.1 Å². The van der Waals surface area contributed by atoms with Gasteiger partial charge in [-0.2, -0.15) is 0 Å². The third-order valence-electron chi connectivity index (χ3n) is 4.72. The number of ether oxygens (including phenoxy) is 2. The molecule has 1 aliphatic carbocycles. The van der Waals surface area contributed by atoms with Crippen LogP contribution in [0.2, 0.25) is 0 Å². The van der Waals surface area contributed by atoms with Gasteiger partial charge in [-0.05, 0) is 39.5 Å². The maximum Gasteiger partial charge on any atom is 0.408 e. The summed E-state index contributed by atoms with van der Waals surface area (Å²) in [6.07, 6.45) is 7.09. The smallest absolute Gasteiger partial charge is 0.408 e. The lowest BCUT2D eigenvalue weighted by molar-refractivity contribution is -0.145. The number of cyclic esters (lactones) is 1. The SMILES string of the molecule is C[C@H]1C[C@@H]([C@H](CC2CCCCC2)NC(=O)OC(C)(C)C)OC1=O. The van der Waals surface area contributed by atoms with Crippen molar-refractivity contribution in [2.24, 2.45) is 11.8 Å². The lowest BCUT2D eigenvalue weighted by Crippen LogP contribution is -2.46. The fourth-order valence-electron chi connectivity index (χ4n) is 3.55. The van der Waals surface area contributed by atoms with E-state index in [0.29, 0.717) is 12.3 Å². The van der Waals surface area contributed by atoms with Crippen LogP contribution in [0, 0.1) is 11.8 Å². The second kappa shape index (κ2) is 7.54. The monoisotopic (exact) mass is 325 g/mol. The molecule has 1 N–H and O–H groups in total. The molecule has 0 aromatic carbocycles. The van der Waals surface area contributed by atoms with Crippen molar-refractivity contribution in [3.05, 3.63) is 0 Å². The Bertz CT molecular complexity index is 423. The lowest BCUT2D eigenvalue weighted by Gasteiger charge is -2.30. The third kappa shape index (κ3) is 5.70. The zero-order chi connectivity index (χ0) is 17.0. The van der Waals surface area contributed by atoms with E-state index in [1.807, 2.05) is 27.7 Å². The van der Waals surface area contributed by atoms with Gasteiger partial charge in [-0.1, -0.05) is 39.0 Å². The molecule has 1 saturated heterocycles. The molecule has 1 aliphatic heterocycles. The van der Waals surface area contributed by atoms with Crippen molar-refractivity contribution in [3.8, 4) is 0 Å². The highest BCUT2D eigenvalue weighted by Crippen LogP contribution is 2.31. The van der Waals surface area contributed by atoms with Gasteiger partial charge in [0.2, 0.25) is 0 Å². The van der Waals surface area contributed by atoms with Gasteiger partial charge >= 0.3 is 12.1 Å². The minimum absolute atomic E-state index is 0.0886. The molecule has 5 nitrogen and oxygen atoms in total. The van der Waals surface area contributed by atoms with Gasteiger partial charge in [-0.15, -0.1) is 0 Å². The minimum atomic E-state index is -0.529. The van der Waals surface area contributed by atoms with Crippen LogP contribution in [-0.4, -0.2) is 29.8 Å². The molecule has 1 saturated carbocycles. The second-order valence-electron chi connectivity index (χ2n) is 8.10. The molecule has 1 heterocycles. The minimum Gasteiger partial charge on any atom is -0.460 e. The number of hydrogen-bond donors (Lipinski definition) is 1. The van der Waals surface area contributed by atoms with Crippen LogP contribution < -0.4 is 5.32 Å². The molecule has 2 rings (SSSR count). The number of carbonyl (C=O) groups excluding carboxylic acids is 2. The van der Waals surface area contributed by atoms with Gasteiger partial charge in [0.25, 0.3) is 0 Å². The molecular weight excluding hydrogens is 294 g/mol. The van der Waals surface area contributed by atoms with Crippen molar-refractivity contribution in [2.45, 2.75) is 90.4 Å². The molecule has 0 aromatic rings. The maximum atomic E-state index is 12.2. The van der Waals surface area contributed by atoms with Gasteiger partial charge < -0.3 is 14.8 Å². The van der Waals surface area contributed by atoms with Gasteiger partial charge in [0.1, 0.15) is 11.7 Å². The molecule has 1 amide bonds. The molecule has 3 atom stereocenters. The topological polar surface area (TPSA) is 64.6 Å². The van der Waals surface area contributed by atoms with Gasteiger partial charge in [-0.3, -0.25) is 4.79 Å². The zero-order valence-electron chi connectivity index (χ0n) is 14.9. The number of hydrogen-bond acceptors (Lipinski definition) is 4. The average molecular weight is 325 g/mol. The van der Waals surface area contributed by atoms with Crippen LogP contribution in [0.15, 0.2) is 0 Å². The fourth-order valence-corrected chi connectivity index (χ4v) is 3.55. The van der Waals surface area contributed by atoms with Crippen LogP contribution in [0.1, 0.15) is 72.6 Å². The Labute approximate surface area is 139 Å². The summed E-state index contributed by atoms with van der Waals surface area (Å²) in [6, 6.07) is -0.151. The molecule has 132 valence electrons. The van der Waals surface area contributed by atoms with E-state index in [4.69, 9.17) is 9.47 Å². The second-order valence-corrected chi connectivity index (χ2v) is 8.10. The number of esters is 1. The first-order chi connectivity index (χ1) is 10.7. The Kier molecular flexibility index (Phi) is 5.93. The van der Waals surface area contributed by atoms with E-state index < -0.39 is 11.7 Å². The van der Waals surface area contributed by atoms with Crippen molar-refractivity contribution in [1.82, 2.24) is 5.32 Å². The first-order valence-corrected chi connectivity index (χ1v) is 8.94. The Hall–Kier alpha value is -1.26. The number of amides is 1. The van der Waals surface area contributed by atoms with Crippen molar-refractivity contribution < 1.29 is 19.1 Å². The van der Waals surface area contributed by atoms with Crippen LogP contribution in [0.25, 0.3) is 0 Å². The summed E-state index contributed by atoms with van der Waals surface area (Å²) < 4.78 is 10.9. The van der Waals surface area contributed by atoms with Crippen molar-refractivity contribution >= 4 is 12.1 Å². The number of carbonyl (C=O) groups is 2. The summed E-state index contributed by atoms with van der Waals surface area (Å²) in [5, 5.41) is 2.97. The molecule has 2 fully saturated rings. The Morgan fingerprint density at radius 3 is 2.48 bits per heavy atom. The highest BCUT2D eigenvalue weighted by atomic mass is 16.6. The normalized spacial score (nSPS) is 27.4. The van der Waals surface area contributed by atoms with E-state index in [0.717, 1.165) is 6.42 Å². The maximum absolute atomic E-state index is 12.2. The summed E-state index contributed by atoms with van der Waals surface area (Å²) in [7, 11) is 0. The van der Waals surface area contributed by atoms with E-state index in [2.05, 4.69) is 5.32 Å². The predicted molar refractivity (Wildman–Crippen MR) is 88.0 cm³/mol. The van der Waals surface area contributed by atoms with E-state index in [1.54, 1.807) is 0 Å². The Morgan fingerprint density at radius 1 is 1.30 bits per heavy atom. The number of alkyl carbamates (subject to hydrolysis) is 1. The van der Waals surface area contributed by atoms with Crippen molar-refractivity contribution in [1.29, 1.82) is 0 Å². The highest BCUT2D eigenvalue weighted by molar-refractivity contribution is 5.74. The molecule has 2 aliphatic rings. The van der Waals surface area contributed by atoms with E-state index in [9.17, 15) is 9.59 Å². The van der Waals surface area contributed by atoms with E-state index in [-0.39, 0.29) is 24.0 Å². The average Bonchev–Trinajstić information content (AvgIpc) is 2.77. The largest absolute Gasteiger partial charge is 0.460 e. The first kappa shape index (κ1) is 18.1. The van der Waals surface area contributed by atoms with Crippen LogP contribution in [0.3, 0.4) is 0 Å². The molecule has 0 aromatic heterocycles. The summed E-state index contributed by atoms with van der Waals surface area (Å²) in [4.78, 5) is 23.9. The predicted octanol–water partition coefficient (Wildman–Crippen LogP) is 3.80. The van der Waals surface area contributed by atoms with Gasteiger partial charge in [0.05, 0.1) is 12.0 Å². The Balaban J connectivity index is 1.98. The van der Waals surface area contributed by atoms with Crippen molar-refractivity contribution in [3.63, 3.8) is 0 Å². The molecule has 5 heteroatoms. The van der Waals surface area contributed by atoms with Gasteiger partial charge in [-0.25, -0.2) is 4.79 Å². The molecule has 0 spiro atoms. The summed E-state index contributed by atoms with van der Waals surface area (Å²) in [6.45, 7) is 7.43. The highest BCUT2D eigenvalue weighted by Gasteiger charge is 2.38. The summed E-state index contributed by atoms with van der Waals surface area (Å²) in [5.74, 6) is 0.349. The van der Waals surface area contributed by atoms with Gasteiger partial charge in [0.15, 0.2) is 0 Å². The fraction of sp³-hybridized carbons (Fsp3) is 0.889. The number of nitrogens with one attached hydrogen (secondary N) is 1. The van der Waals surface area contributed by atoms with E-state index >= 15 is 0 Å². The third-order valence-corrected chi connectivity index (χ3v) is 4.72. The van der Waals surface area contributed by atoms with Crippen LogP contribution in [0.4, 0.5) is 4.79 Å². The summed E-state index contributed by atoms with van der Waals surface area (Å²) >= 11 is 0. The lowest BCUT2D eigenvalue weighted by atomic mass is 9.83. The quantitative estimate of drug-likeness (QED) is 0.798. The molecule has 0 bridgehead atoms. The molecule has 0 unspecified atom stereocenters. The van der Waals surface area contributed by atoms with Crippen LogP contribution in [0.5, 0.6) is 0 Å². The van der Waals surface area contributed by atoms with Crippen LogP contribution in [-0.2, 0) is 14.3 Å². The molecule has 0 radical (unpaired) electrons. The Morgan fingerprint density at radius 2 is 1.96 bits per heavy atom. The molecular formula is C18H31NO4. The number of rotatable bonds is 4. The molecule has 23 heavy (non-hydrogen) atoms. The van der Waals surface area contributed by atoms with Gasteiger partial charge in [0, 0.05) is 0 Å². The van der Waals surface area contributed by atoms with Crippen LogP contribution >= 0.6 is 0 Å². The summed E-state index contributed by atoms with van der Waals surface area (Å²) in [5.41, 5.74) is -0.529. The standard InChI is InChI=1S/C18H31NO4/c1-12-10-15(22-16(12)20)14(11-13-8-6-5-7-9-13)19-17(21)23-18(2,3)4/h12-15H,5-11H2,1-4H3,(H,19,21)/t12-,14-,15-/m0/s1.